The molecule has 0 bridgehead atoms. The Bertz CT molecular complexity index is 236. The van der Waals surface area contributed by atoms with Gasteiger partial charge >= 0.3 is 83.0 Å². The van der Waals surface area contributed by atoms with E-state index in [1.807, 2.05) is 0 Å². The average Bonchev–Trinajstić information content (AvgIpc) is 2.05. The van der Waals surface area contributed by atoms with Crippen molar-refractivity contribution in [1.29, 1.82) is 0 Å². The van der Waals surface area contributed by atoms with E-state index in [1.54, 1.807) is 0 Å². The molecule has 0 aliphatic heterocycles. The first-order valence-electron chi connectivity index (χ1n) is 4.50. The quantitative estimate of drug-likeness (QED) is 0.782. The molecule has 62 valence electrons. The van der Waals surface area contributed by atoms with Crippen molar-refractivity contribution in [2.75, 3.05) is 0 Å². The molecule has 0 fully saturated rings. The van der Waals surface area contributed by atoms with Crippen LogP contribution in [-0.4, -0.2) is 21.4 Å². The van der Waals surface area contributed by atoms with Gasteiger partial charge in [-0.2, -0.15) is 0 Å². The molecule has 0 nitrogen and oxygen atoms in total. The fourth-order valence-corrected chi connectivity index (χ4v) is 2.98. The van der Waals surface area contributed by atoms with E-state index in [9.17, 15) is 0 Å². The first kappa shape index (κ1) is 9.91. The van der Waals surface area contributed by atoms with Crippen LogP contribution in [0.1, 0.15) is 5.56 Å². The summed E-state index contributed by atoms with van der Waals surface area (Å²) in [5, 5.41) is 0. The second kappa shape index (κ2) is 5.47. The van der Waals surface area contributed by atoms with Crippen LogP contribution in [0.3, 0.4) is 0 Å². The molecule has 0 atom stereocenters. The molecule has 0 radical (unpaired) electrons. The monoisotopic (exact) mass is 262 g/mol. The second-order valence-electron chi connectivity index (χ2n) is 3.44. The van der Waals surface area contributed by atoms with Crippen molar-refractivity contribution < 1.29 is 0 Å². The van der Waals surface area contributed by atoms with Gasteiger partial charge in [-0.1, -0.05) is 0 Å². The molecule has 1 heteroatoms. The number of hydrogen-bond acceptors (Lipinski definition) is 0. The van der Waals surface area contributed by atoms with Crippen LogP contribution >= 0.6 is 0 Å². The summed E-state index contributed by atoms with van der Waals surface area (Å²) in [5.74, 6) is 0. The van der Waals surface area contributed by atoms with Crippen molar-refractivity contribution in [1.82, 2.24) is 0 Å². The zero-order chi connectivity index (χ0) is 8.81. The van der Waals surface area contributed by atoms with E-state index in [0.29, 0.717) is 0 Å². The van der Waals surface area contributed by atoms with Crippen molar-refractivity contribution in [3.63, 3.8) is 0 Å². The van der Waals surface area contributed by atoms with Gasteiger partial charge in [0.2, 0.25) is 0 Å². The Balaban J connectivity index is 2.47. The number of rotatable bonds is 3. The molecule has 0 aliphatic carbocycles. The van der Waals surface area contributed by atoms with Crippen molar-refractivity contribution in [2.45, 2.75) is 13.5 Å². The summed E-state index contributed by atoms with van der Waals surface area (Å²) in [6.45, 7) is 0. The first-order valence-corrected chi connectivity index (χ1v) is 13.4. The van der Waals surface area contributed by atoms with Gasteiger partial charge in [0.05, 0.1) is 0 Å². The van der Waals surface area contributed by atoms with E-state index in [-0.39, 0.29) is 0 Å². The van der Waals surface area contributed by atoms with Crippen molar-refractivity contribution in [3.05, 3.63) is 42.0 Å². The van der Waals surface area contributed by atoms with Gasteiger partial charge < -0.3 is 0 Å². The molecule has 0 aliphatic rings. The molecular formula is C11H15In. The van der Waals surface area contributed by atoms with Gasteiger partial charge in [0.15, 0.2) is 0 Å². The molecule has 1 rings (SSSR count). The molecule has 0 N–H and O–H groups in total. The third-order valence-electron chi connectivity index (χ3n) is 1.72. The van der Waals surface area contributed by atoms with E-state index in [1.165, 1.54) is 9.74 Å². The van der Waals surface area contributed by atoms with Gasteiger partial charge in [0, 0.05) is 0 Å². The summed E-state index contributed by atoms with van der Waals surface area (Å²) >= 11 is -0.989. The molecule has 12 heavy (non-hydrogen) atoms. The standard InChI is InChI=1S/C9H9.2CH3.In/c1-2-6-9-7-4-3-5-8-9;;;/h2-8H,1H2;2*1H3;/b6-2+;;;. The molecule has 0 heterocycles. The SMILES string of the molecule is [CH3][In]([CH3])[CH2]/C=C/c1ccccc1. The molecule has 0 unspecified atom stereocenters. The van der Waals surface area contributed by atoms with Gasteiger partial charge in [0.25, 0.3) is 0 Å². The molecule has 1 aromatic carbocycles. The normalized spacial score (nSPS) is 10.5. The van der Waals surface area contributed by atoms with Crippen molar-refractivity contribution in [2.24, 2.45) is 0 Å². The Labute approximate surface area is 82.8 Å². The minimum atomic E-state index is -0.989. The first-order chi connectivity index (χ1) is 5.79. The molecule has 0 amide bonds. The van der Waals surface area contributed by atoms with Gasteiger partial charge in [-0.25, -0.2) is 0 Å². The average molecular weight is 262 g/mol. The summed E-state index contributed by atoms with van der Waals surface area (Å²) in [5.41, 5.74) is 1.32. The van der Waals surface area contributed by atoms with Gasteiger partial charge in [0.1, 0.15) is 0 Å². The van der Waals surface area contributed by atoms with Crippen LogP contribution in [0.5, 0.6) is 0 Å². The Morgan fingerprint density at radius 3 is 2.42 bits per heavy atom. The molecule has 0 saturated heterocycles. The summed E-state index contributed by atoms with van der Waals surface area (Å²) in [6, 6.07) is 10.5. The summed E-state index contributed by atoms with van der Waals surface area (Å²) in [6.07, 6.45) is 4.56. The Hall–Kier alpha value is -0.170. The molecule has 1 aromatic rings. The fourth-order valence-electron chi connectivity index (χ4n) is 1.04. The Morgan fingerprint density at radius 2 is 1.83 bits per heavy atom. The van der Waals surface area contributed by atoms with Crippen LogP contribution in [0, 0.1) is 0 Å². The van der Waals surface area contributed by atoms with Crippen LogP contribution in [0.25, 0.3) is 6.08 Å². The van der Waals surface area contributed by atoms with E-state index < -0.39 is 21.4 Å². The van der Waals surface area contributed by atoms with Gasteiger partial charge in [-0.15, -0.1) is 0 Å². The minimum absolute atomic E-state index is 0.989. The third-order valence-corrected chi connectivity index (χ3v) is 5.19. The van der Waals surface area contributed by atoms with E-state index in [2.05, 4.69) is 51.8 Å². The van der Waals surface area contributed by atoms with E-state index in [0.717, 1.165) is 0 Å². The third kappa shape index (κ3) is 4.01. The number of hydrogen-bond donors (Lipinski definition) is 0. The summed E-state index contributed by atoms with van der Waals surface area (Å²) in [4.78, 5) is 0. The van der Waals surface area contributed by atoms with Crippen molar-refractivity contribution >= 4 is 27.5 Å². The van der Waals surface area contributed by atoms with Gasteiger partial charge in [-0.3, -0.25) is 0 Å². The van der Waals surface area contributed by atoms with Crippen LogP contribution in [-0.2, 0) is 0 Å². The topological polar surface area (TPSA) is 0 Å². The predicted molar refractivity (Wildman–Crippen MR) is 57.8 cm³/mol. The van der Waals surface area contributed by atoms with Gasteiger partial charge in [-0.05, 0) is 0 Å². The second-order valence-corrected chi connectivity index (χ2v) is 12.7. The summed E-state index contributed by atoms with van der Waals surface area (Å²) in [7, 11) is 0. The molecule has 0 aromatic heterocycles. The summed E-state index contributed by atoms with van der Waals surface area (Å²) < 4.78 is 6.25. The molecule has 0 saturated carbocycles. The fraction of sp³-hybridized carbons (Fsp3) is 0.273. The Morgan fingerprint density at radius 1 is 1.17 bits per heavy atom. The zero-order valence-electron chi connectivity index (χ0n) is 7.83. The van der Waals surface area contributed by atoms with E-state index in [4.69, 9.17) is 0 Å². The van der Waals surface area contributed by atoms with Crippen LogP contribution in [0.2, 0.25) is 13.5 Å². The maximum atomic E-state index is 2.44. The molecular weight excluding hydrogens is 247 g/mol. The maximum absolute atomic E-state index is 2.44. The number of benzene rings is 1. The van der Waals surface area contributed by atoms with Crippen LogP contribution in [0.4, 0.5) is 0 Å². The van der Waals surface area contributed by atoms with E-state index >= 15 is 0 Å². The van der Waals surface area contributed by atoms with Crippen molar-refractivity contribution in [3.8, 4) is 0 Å². The van der Waals surface area contributed by atoms with Crippen LogP contribution < -0.4 is 0 Å². The zero-order valence-corrected chi connectivity index (χ0v) is 11.1. The predicted octanol–water partition coefficient (Wildman–Crippen LogP) is 3.45. The number of allylic oxidation sites excluding steroid dienone is 1. The van der Waals surface area contributed by atoms with Crippen LogP contribution in [0.15, 0.2) is 36.4 Å². The Kier molecular flexibility index (Phi) is 4.52. The molecule has 0 spiro atoms.